The largest absolute Gasteiger partial charge is 0.370 e. The van der Waals surface area contributed by atoms with Crippen LogP contribution in [0.3, 0.4) is 0 Å². The van der Waals surface area contributed by atoms with Crippen LogP contribution >= 0.6 is 0 Å². The van der Waals surface area contributed by atoms with Crippen LogP contribution in [-0.2, 0) is 0 Å². The topological polar surface area (TPSA) is 68.1 Å². The van der Waals surface area contributed by atoms with Crippen LogP contribution in [0.25, 0.3) is 0 Å². The Labute approximate surface area is 94.0 Å². The normalized spacial score (nSPS) is 14.8. The molecule has 1 heterocycles. The molecule has 0 saturated heterocycles. The quantitative estimate of drug-likeness (QED) is 0.612. The van der Waals surface area contributed by atoms with E-state index in [2.05, 4.69) is 10.3 Å². The molecule has 1 aliphatic carbocycles. The third-order valence-electron chi connectivity index (χ3n) is 2.81. The van der Waals surface area contributed by atoms with Gasteiger partial charge in [-0.3, -0.25) is 10.1 Å². The fraction of sp³-hybridized carbons (Fsp3) is 0.545. The molecule has 5 heteroatoms. The van der Waals surface area contributed by atoms with Gasteiger partial charge in [-0.25, -0.2) is 4.98 Å². The molecule has 2 rings (SSSR count). The van der Waals surface area contributed by atoms with Crippen LogP contribution in [0.4, 0.5) is 11.5 Å². The van der Waals surface area contributed by atoms with E-state index in [-0.39, 0.29) is 5.69 Å². The molecule has 1 fully saturated rings. The predicted octanol–water partition coefficient (Wildman–Crippen LogP) is 2.51. The van der Waals surface area contributed by atoms with E-state index in [1.54, 1.807) is 13.0 Å². The lowest BCUT2D eigenvalue weighted by atomic mass is 10.3. The number of aryl methyl sites for hydroxylation is 1. The monoisotopic (exact) mass is 221 g/mol. The van der Waals surface area contributed by atoms with Gasteiger partial charge in [-0.1, -0.05) is 12.8 Å². The van der Waals surface area contributed by atoms with Crippen molar-refractivity contribution in [2.24, 2.45) is 5.92 Å². The van der Waals surface area contributed by atoms with Gasteiger partial charge in [0.15, 0.2) is 0 Å². The van der Waals surface area contributed by atoms with Crippen LogP contribution in [0, 0.1) is 23.0 Å². The molecule has 1 aliphatic rings. The average Bonchev–Trinajstić information content (AvgIpc) is 3.01. The summed E-state index contributed by atoms with van der Waals surface area (Å²) in [6.45, 7) is 2.55. The Morgan fingerprint density at radius 1 is 1.56 bits per heavy atom. The number of nitrogens with one attached hydrogen (secondary N) is 1. The molecule has 1 saturated carbocycles. The molecule has 86 valence electrons. The van der Waals surface area contributed by atoms with Crippen molar-refractivity contribution in [3.8, 4) is 0 Å². The van der Waals surface area contributed by atoms with Gasteiger partial charge in [0.1, 0.15) is 11.5 Å². The number of nitro groups is 1. The molecule has 1 N–H and O–H groups in total. The first-order valence-electron chi connectivity index (χ1n) is 5.52. The number of aromatic nitrogens is 1. The van der Waals surface area contributed by atoms with Gasteiger partial charge in [0, 0.05) is 12.6 Å². The van der Waals surface area contributed by atoms with E-state index in [0.717, 1.165) is 24.7 Å². The van der Waals surface area contributed by atoms with Crippen molar-refractivity contribution in [1.29, 1.82) is 0 Å². The number of hydrogen-bond acceptors (Lipinski definition) is 4. The minimum absolute atomic E-state index is 0.0766. The van der Waals surface area contributed by atoms with Crippen molar-refractivity contribution in [3.63, 3.8) is 0 Å². The Kier molecular flexibility index (Phi) is 3.03. The van der Waals surface area contributed by atoms with E-state index in [0.29, 0.717) is 5.69 Å². The Morgan fingerprint density at radius 3 is 2.88 bits per heavy atom. The number of pyridine rings is 1. The molecule has 5 nitrogen and oxygen atoms in total. The van der Waals surface area contributed by atoms with Crippen LogP contribution in [0.1, 0.15) is 25.0 Å². The van der Waals surface area contributed by atoms with Gasteiger partial charge in [0.05, 0.1) is 4.92 Å². The molecule has 1 aromatic heterocycles. The van der Waals surface area contributed by atoms with Gasteiger partial charge in [-0.15, -0.1) is 0 Å². The molecule has 16 heavy (non-hydrogen) atoms. The lowest BCUT2D eigenvalue weighted by Crippen LogP contribution is -2.05. The number of anilines is 1. The number of nitrogens with zero attached hydrogens (tertiary/aromatic N) is 2. The van der Waals surface area contributed by atoms with Crippen molar-refractivity contribution in [2.45, 2.75) is 26.2 Å². The van der Waals surface area contributed by atoms with E-state index in [1.807, 2.05) is 0 Å². The molecular formula is C11H15N3O2. The highest BCUT2D eigenvalue weighted by Gasteiger charge is 2.20. The third kappa shape index (κ3) is 2.68. The molecule has 0 atom stereocenters. The molecule has 0 radical (unpaired) electrons. The Balaban J connectivity index is 1.93. The maximum absolute atomic E-state index is 10.6. The van der Waals surface area contributed by atoms with Crippen molar-refractivity contribution >= 4 is 11.5 Å². The van der Waals surface area contributed by atoms with Gasteiger partial charge >= 0.3 is 0 Å². The molecule has 0 amide bonds. The first-order valence-corrected chi connectivity index (χ1v) is 5.52. The molecule has 0 spiro atoms. The summed E-state index contributed by atoms with van der Waals surface area (Å²) < 4.78 is 0. The van der Waals surface area contributed by atoms with Crippen molar-refractivity contribution in [3.05, 3.63) is 27.9 Å². The maximum atomic E-state index is 10.6. The van der Waals surface area contributed by atoms with Gasteiger partial charge < -0.3 is 5.32 Å². The molecule has 0 aliphatic heterocycles. The second kappa shape index (κ2) is 4.47. The minimum atomic E-state index is -0.406. The maximum Gasteiger partial charge on any atom is 0.290 e. The molecule has 0 aromatic carbocycles. The fourth-order valence-electron chi connectivity index (χ4n) is 1.66. The Hall–Kier alpha value is -1.65. The molecule has 1 aromatic rings. The standard InChI is InChI=1S/C11H15N3O2/c1-8-10(14(15)16)4-5-11(13-8)12-7-6-9-2-3-9/h4-5,9H,2-3,6-7H2,1H3,(H,12,13). The zero-order valence-electron chi connectivity index (χ0n) is 9.27. The predicted molar refractivity (Wildman–Crippen MR) is 61.5 cm³/mol. The highest BCUT2D eigenvalue weighted by Crippen LogP contribution is 2.32. The summed E-state index contributed by atoms with van der Waals surface area (Å²) in [7, 11) is 0. The van der Waals surface area contributed by atoms with Gasteiger partial charge in [-0.05, 0) is 25.3 Å². The fourth-order valence-corrected chi connectivity index (χ4v) is 1.66. The smallest absolute Gasteiger partial charge is 0.290 e. The van der Waals surface area contributed by atoms with E-state index < -0.39 is 4.92 Å². The summed E-state index contributed by atoms with van der Waals surface area (Å²) >= 11 is 0. The summed E-state index contributed by atoms with van der Waals surface area (Å²) in [5.41, 5.74) is 0.536. The van der Waals surface area contributed by atoms with Crippen LogP contribution in [0.2, 0.25) is 0 Å². The third-order valence-corrected chi connectivity index (χ3v) is 2.81. The van der Waals surface area contributed by atoms with E-state index in [4.69, 9.17) is 0 Å². The number of rotatable bonds is 5. The van der Waals surface area contributed by atoms with Crippen molar-refractivity contribution in [2.75, 3.05) is 11.9 Å². The first kappa shape index (κ1) is 10.9. The second-order valence-electron chi connectivity index (χ2n) is 4.22. The minimum Gasteiger partial charge on any atom is -0.370 e. The lowest BCUT2D eigenvalue weighted by molar-refractivity contribution is -0.385. The summed E-state index contributed by atoms with van der Waals surface area (Å²) in [5.74, 6) is 1.61. The van der Waals surface area contributed by atoms with E-state index >= 15 is 0 Å². The van der Waals surface area contributed by atoms with Crippen LogP contribution in [-0.4, -0.2) is 16.5 Å². The van der Waals surface area contributed by atoms with Crippen LogP contribution < -0.4 is 5.32 Å². The highest BCUT2D eigenvalue weighted by atomic mass is 16.6. The summed E-state index contributed by atoms with van der Waals surface area (Å²) in [5, 5.41) is 13.8. The second-order valence-corrected chi connectivity index (χ2v) is 4.22. The van der Waals surface area contributed by atoms with Crippen LogP contribution in [0.15, 0.2) is 12.1 Å². The summed E-state index contributed by atoms with van der Waals surface area (Å²) in [4.78, 5) is 14.3. The lowest BCUT2D eigenvalue weighted by Gasteiger charge is -2.05. The van der Waals surface area contributed by atoms with Crippen molar-refractivity contribution < 1.29 is 4.92 Å². The first-order chi connectivity index (χ1) is 7.66. The zero-order chi connectivity index (χ0) is 11.5. The molecule has 0 bridgehead atoms. The van der Waals surface area contributed by atoms with Gasteiger partial charge in [-0.2, -0.15) is 0 Å². The zero-order valence-corrected chi connectivity index (χ0v) is 9.27. The summed E-state index contributed by atoms with van der Waals surface area (Å²) in [6, 6.07) is 3.17. The van der Waals surface area contributed by atoms with E-state index in [1.165, 1.54) is 18.9 Å². The summed E-state index contributed by atoms with van der Waals surface area (Å²) in [6.07, 6.45) is 3.85. The Bertz CT molecular complexity index is 402. The average molecular weight is 221 g/mol. The molecule has 0 unspecified atom stereocenters. The van der Waals surface area contributed by atoms with E-state index in [9.17, 15) is 10.1 Å². The highest BCUT2D eigenvalue weighted by molar-refractivity contribution is 5.44. The molecular weight excluding hydrogens is 206 g/mol. The van der Waals surface area contributed by atoms with Gasteiger partial charge in [0.2, 0.25) is 0 Å². The van der Waals surface area contributed by atoms with Crippen molar-refractivity contribution in [1.82, 2.24) is 4.98 Å². The Morgan fingerprint density at radius 2 is 2.31 bits per heavy atom. The van der Waals surface area contributed by atoms with Crippen LogP contribution in [0.5, 0.6) is 0 Å². The number of hydrogen-bond donors (Lipinski definition) is 1. The SMILES string of the molecule is Cc1nc(NCCC2CC2)ccc1[N+](=O)[O-]. The van der Waals surface area contributed by atoms with Gasteiger partial charge in [0.25, 0.3) is 5.69 Å².